The van der Waals surface area contributed by atoms with Crippen LogP contribution >= 0.6 is 0 Å². The highest BCUT2D eigenvalue weighted by molar-refractivity contribution is 5.94. The Morgan fingerprint density at radius 3 is 2.39 bits per heavy atom. The molecule has 7 heteroatoms. The molecule has 2 saturated carbocycles. The molecular weight excluding hydrogens is 516 g/mol. The second kappa shape index (κ2) is 12.0. The van der Waals surface area contributed by atoms with E-state index in [1.807, 2.05) is 42.5 Å². The van der Waals surface area contributed by atoms with Gasteiger partial charge in [0.1, 0.15) is 11.4 Å². The van der Waals surface area contributed by atoms with Crippen LogP contribution in [0.3, 0.4) is 0 Å². The number of benzene rings is 2. The zero-order chi connectivity index (χ0) is 29.2. The molecule has 1 aliphatic heterocycles. The van der Waals surface area contributed by atoms with Crippen LogP contribution in [0.15, 0.2) is 54.6 Å². The molecule has 3 unspecified atom stereocenters. The molecule has 3 aliphatic rings. The Morgan fingerprint density at radius 2 is 1.73 bits per heavy atom. The Labute approximate surface area is 244 Å². The molecule has 41 heavy (non-hydrogen) atoms. The lowest BCUT2D eigenvalue weighted by Crippen LogP contribution is -2.69. The van der Waals surface area contributed by atoms with E-state index in [-0.39, 0.29) is 23.9 Å². The minimum absolute atomic E-state index is 0.0267. The van der Waals surface area contributed by atoms with Crippen molar-refractivity contribution in [1.82, 2.24) is 9.80 Å². The van der Waals surface area contributed by atoms with Gasteiger partial charge < -0.3 is 14.4 Å². The first kappa shape index (κ1) is 29.3. The third kappa shape index (κ3) is 6.35. The van der Waals surface area contributed by atoms with Crippen molar-refractivity contribution in [1.29, 1.82) is 0 Å². The minimum Gasteiger partial charge on any atom is -0.457 e. The fourth-order valence-corrected chi connectivity index (χ4v) is 7.31. The Morgan fingerprint density at radius 1 is 0.976 bits per heavy atom. The van der Waals surface area contributed by atoms with Crippen LogP contribution in [0.4, 0.5) is 0 Å². The first-order valence-corrected chi connectivity index (χ1v) is 15.2. The maximum atomic E-state index is 14.0. The molecule has 2 aromatic carbocycles. The number of hydrogen-bond acceptors (Lipinski definition) is 6. The smallest absolute Gasteiger partial charge is 0.308 e. The highest BCUT2D eigenvalue weighted by Crippen LogP contribution is 2.55. The van der Waals surface area contributed by atoms with Gasteiger partial charge in [-0.05, 0) is 86.7 Å². The number of fused-ring (bicyclic) bond motifs is 1. The molecule has 220 valence electrons. The van der Waals surface area contributed by atoms with Crippen LogP contribution in [-0.2, 0) is 19.7 Å². The van der Waals surface area contributed by atoms with E-state index in [9.17, 15) is 14.4 Å². The summed E-state index contributed by atoms with van der Waals surface area (Å²) in [5.74, 6) is 0.902. The van der Waals surface area contributed by atoms with E-state index in [1.54, 1.807) is 6.07 Å². The maximum absolute atomic E-state index is 14.0. The number of esters is 2. The van der Waals surface area contributed by atoms with E-state index in [0.29, 0.717) is 43.2 Å². The van der Waals surface area contributed by atoms with Crippen molar-refractivity contribution in [3.63, 3.8) is 0 Å². The van der Waals surface area contributed by atoms with Crippen molar-refractivity contribution in [2.45, 2.75) is 83.3 Å². The second-order valence-corrected chi connectivity index (χ2v) is 12.8. The monoisotopic (exact) mass is 560 g/mol. The van der Waals surface area contributed by atoms with Crippen LogP contribution in [0.1, 0.15) is 82.1 Å². The molecule has 2 aliphatic carbocycles. The van der Waals surface area contributed by atoms with Crippen LogP contribution < -0.4 is 4.74 Å². The van der Waals surface area contributed by atoms with Crippen LogP contribution in [0, 0.1) is 11.8 Å². The highest BCUT2D eigenvalue weighted by atomic mass is 16.6. The van der Waals surface area contributed by atoms with E-state index in [1.165, 1.54) is 26.7 Å². The number of piperidine rings is 1. The van der Waals surface area contributed by atoms with Gasteiger partial charge in [0.2, 0.25) is 0 Å². The number of carbonyl (C=O) groups excluding carboxylic acids is 3. The average Bonchev–Trinajstić information content (AvgIpc) is 3.75. The van der Waals surface area contributed by atoms with E-state index >= 15 is 0 Å². The van der Waals surface area contributed by atoms with Gasteiger partial charge in [0.15, 0.2) is 0 Å². The molecule has 0 N–H and O–H groups in total. The number of rotatable bonds is 9. The maximum Gasteiger partial charge on any atom is 0.308 e. The van der Waals surface area contributed by atoms with Crippen molar-refractivity contribution in [2.24, 2.45) is 11.8 Å². The fourth-order valence-electron chi connectivity index (χ4n) is 7.31. The van der Waals surface area contributed by atoms with E-state index in [0.717, 1.165) is 37.4 Å². The summed E-state index contributed by atoms with van der Waals surface area (Å²) in [5, 5.41) is 0. The molecule has 2 aromatic rings. The number of likely N-dealkylation sites (tertiary alicyclic amines) is 1. The molecule has 0 bridgehead atoms. The molecule has 0 spiro atoms. The van der Waals surface area contributed by atoms with Gasteiger partial charge in [-0.15, -0.1) is 0 Å². The minimum atomic E-state index is -0.739. The molecule has 1 saturated heterocycles. The zero-order valence-corrected chi connectivity index (χ0v) is 24.9. The molecular formula is C34H44N2O5. The summed E-state index contributed by atoms with van der Waals surface area (Å²) in [6.45, 7) is 10.4. The van der Waals surface area contributed by atoms with Crippen LogP contribution in [-0.4, -0.2) is 65.5 Å². The molecule has 1 amide bonds. The largest absolute Gasteiger partial charge is 0.457 e. The number of amides is 1. The number of carbonyl (C=O) groups is 3. The first-order valence-electron chi connectivity index (χ1n) is 15.2. The van der Waals surface area contributed by atoms with Gasteiger partial charge in [-0.3, -0.25) is 19.3 Å². The summed E-state index contributed by atoms with van der Waals surface area (Å²) in [5.41, 5.74) is 0.417. The summed E-state index contributed by atoms with van der Waals surface area (Å²) in [6, 6.07) is 17.2. The van der Waals surface area contributed by atoms with Crippen LogP contribution in [0.5, 0.6) is 5.75 Å². The quantitative estimate of drug-likeness (QED) is 0.293. The van der Waals surface area contributed by atoms with Crippen LogP contribution in [0.2, 0.25) is 0 Å². The molecule has 0 aromatic heterocycles. The lowest BCUT2D eigenvalue weighted by molar-refractivity contribution is -0.189. The van der Waals surface area contributed by atoms with Gasteiger partial charge in [-0.1, -0.05) is 44.2 Å². The third-order valence-electron chi connectivity index (χ3n) is 9.16. The van der Waals surface area contributed by atoms with Gasteiger partial charge in [0, 0.05) is 50.5 Å². The first-order chi connectivity index (χ1) is 19.6. The lowest BCUT2D eigenvalue weighted by atomic mass is 9.54. The highest BCUT2D eigenvalue weighted by Gasteiger charge is 2.61. The predicted molar refractivity (Wildman–Crippen MR) is 158 cm³/mol. The SMILES string of the molecule is CC(=O)Oc1cccc(C23CCN(CC4CC4)CC2(OC(C)=O)CCC(N(CC(C)C)C(=O)c2ccccc2)C3)c1. The Balaban J connectivity index is 1.58. The van der Waals surface area contributed by atoms with Gasteiger partial charge >= 0.3 is 11.9 Å². The molecule has 3 atom stereocenters. The Kier molecular flexibility index (Phi) is 8.55. The lowest BCUT2D eigenvalue weighted by Gasteiger charge is -2.60. The summed E-state index contributed by atoms with van der Waals surface area (Å²) < 4.78 is 12.0. The van der Waals surface area contributed by atoms with Gasteiger partial charge in [0.05, 0.1) is 0 Å². The van der Waals surface area contributed by atoms with Crippen molar-refractivity contribution >= 4 is 17.8 Å². The number of nitrogens with zero attached hydrogens (tertiary/aromatic N) is 2. The van der Waals surface area contributed by atoms with E-state index < -0.39 is 11.0 Å². The summed E-state index contributed by atoms with van der Waals surface area (Å²) in [4.78, 5) is 43.1. The molecule has 7 nitrogen and oxygen atoms in total. The molecule has 1 heterocycles. The van der Waals surface area contributed by atoms with Gasteiger partial charge in [-0.25, -0.2) is 0 Å². The molecule has 3 fully saturated rings. The van der Waals surface area contributed by atoms with Crippen molar-refractivity contribution in [3.8, 4) is 5.75 Å². The van der Waals surface area contributed by atoms with Gasteiger partial charge in [-0.2, -0.15) is 0 Å². The van der Waals surface area contributed by atoms with Crippen molar-refractivity contribution in [2.75, 3.05) is 26.2 Å². The summed E-state index contributed by atoms with van der Waals surface area (Å²) in [7, 11) is 0. The number of hydrogen-bond donors (Lipinski definition) is 0. The second-order valence-electron chi connectivity index (χ2n) is 12.8. The standard InChI is InChI=1S/C34H44N2O5/c1-24(2)21-36(32(39)28-9-6-5-7-10-28)30-15-16-34(41-26(4)38)23-35(22-27-13-14-27)18-17-33(34,20-30)29-11-8-12-31(19-29)40-25(3)37/h5-12,19,24,27,30H,13-18,20-23H2,1-4H3. The summed E-state index contributed by atoms with van der Waals surface area (Å²) in [6.07, 6.45) is 5.41. The third-order valence-corrected chi connectivity index (χ3v) is 9.16. The van der Waals surface area contributed by atoms with Gasteiger partial charge in [0.25, 0.3) is 5.91 Å². The fraction of sp³-hybridized carbons (Fsp3) is 0.559. The van der Waals surface area contributed by atoms with E-state index in [4.69, 9.17) is 9.47 Å². The molecule has 5 rings (SSSR count). The molecule has 0 radical (unpaired) electrons. The topological polar surface area (TPSA) is 76.2 Å². The normalized spacial score (nSPS) is 26.2. The predicted octanol–water partition coefficient (Wildman–Crippen LogP) is 5.62. The van der Waals surface area contributed by atoms with Crippen LogP contribution in [0.25, 0.3) is 0 Å². The van der Waals surface area contributed by atoms with E-state index in [2.05, 4.69) is 29.7 Å². The van der Waals surface area contributed by atoms with Crippen molar-refractivity contribution < 1.29 is 23.9 Å². The number of ether oxygens (including phenoxy) is 2. The average molecular weight is 561 g/mol. The summed E-state index contributed by atoms with van der Waals surface area (Å²) >= 11 is 0. The Bertz CT molecular complexity index is 1260. The Hall–Kier alpha value is -3.19. The van der Waals surface area contributed by atoms with Crippen molar-refractivity contribution in [3.05, 3.63) is 65.7 Å². The zero-order valence-electron chi connectivity index (χ0n) is 24.9.